The molecule has 2 fully saturated rings. The van der Waals surface area contributed by atoms with E-state index < -0.39 is 58.5 Å². The predicted octanol–water partition coefficient (Wildman–Crippen LogP) is -0.742. The molecule has 0 radical (unpaired) electrons. The quantitative estimate of drug-likeness (QED) is 0.142. The molecule has 0 aromatic carbocycles. The van der Waals surface area contributed by atoms with Gasteiger partial charge in [-0.1, -0.05) is 29.7 Å². The maximum Gasteiger partial charge on any atom is 0.351 e. The number of anilines is 1. The summed E-state index contributed by atoms with van der Waals surface area (Å²) < 4.78 is 44.7. The summed E-state index contributed by atoms with van der Waals surface area (Å²) in [7, 11) is -10.0. The van der Waals surface area contributed by atoms with E-state index in [1.54, 1.807) is 6.07 Å². The average molecular weight is 580 g/mol. The number of hydrogen-bond acceptors (Lipinski definition) is 13. The highest BCUT2D eigenvalue weighted by molar-refractivity contribution is 7.97. The minimum Gasteiger partial charge on any atom is -0.387 e. The van der Waals surface area contributed by atoms with E-state index in [0.29, 0.717) is 11.2 Å². The molecule has 4 heterocycles. The minimum absolute atomic E-state index is 0.105. The van der Waals surface area contributed by atoms with Crippen molar-refractivity contribution in [3.63, 3.8) is 0 Å². The topological polar surface area (TPSA) is 251 Å². The van der Waals surface area contributed by atoms with E-state index in [4.69, 9.17) is 16.3 Å². The number of nitrogens with zero attached hydrogens (tertiary/aromatic N) is 7. The molecule has 17 nitrogen and oxygen atoms in total. The highest BCUT2D eigenvalue weighted by Crippen LogP contribution is 2.54. The number of aromatic nitrogens is 8. The number of H-pyrrole nitrogens is 1. The number of ether oxygens (including phenoxy) is 1. The van der Waals surface area contributed by atoms with E-state index in [2.05, 4.69) is 36.1 Å². The van der Waals surface area contributed by atoms with Gasteiger partial charge in [-0.3, -0.25) is 4.57 Å². The number of nitrogens with one attached hydrogen (secondary N) is 2. The van der Waals surface area contributed by atoms with Gasteiger partial charge in [0.25, 0.3) is 0 Å². The van der Waals surface area contributed by atoms with Crippen LogP contribution in [0.5, 0.6) is 0 Å². The lowest BCUT2D eigenvalue weighted by atomic mass is 10.1. The molecule has 0 amide bonds. The van der Waals surface area contributed by atoms with Crippen LogP contribution < -0.4 is 5.32 Å². The number of pyridine rings is 1. The summed E-state index contributed by atoms with van der Waals surface area (Å²) in [5.41, 5.74) is 1.02. The molecular formula is C17H23ClN9O8PS. The Morgan fingerprint density at radius 2 is 1.97 bits per heavy atom. The summed E-state index contributed by atoms with van der Waals surface area (Å²) in [6.07, 6.45) is -2.34. The molecular weight excluding hydrogens is 557 g/mol. The zero-order chi connectivity index (χ0) is 26.5. The Hall–Kier alpha value is -2.31. The fourth-order valence-corrected chi connectivity index (χ4v) is 8.56. The third kappa shape index (κ3) is 5.07. The van der Waals surface area contributed by atoms with Crippen LogP contribution in [0.25, 0.3) is 11.2 Å². The Balaban J connectivity index is 1.42. The molecule has 0 bridgehead atoms. The Kier molecular flexibility index (Phi) is 6.95. The second-order valence-corrected chi connectivity index (χ2v) is 13.5. The van der Waals surface area contributed by atoms with Crippen LogP contribution in [0.15, 0.2) is 6.07 Å². The van der Waals surface area contributed by atoms with Crippen molar-refractivity contribution in [3.05, 3.63) is 17.0 Å². The van der Waals surface area contributed by atoms with Gasteiger partial charge >= 0.3 is 7.60 Å². The van der Waals surface area contributed by atoms with Gasteiger partial charge in [0.1, 0.15) is 23.5 Å². The van der Waals surface area contributed by atoms with Gasteiger partial charge in [-0.25, -0.2) is 18.5 Å². The van der Waals surface area contributed by atoms with Crippen LogP contribution in [0.2, 0.25) is 5.15 Å². The van der Waals surface area contributed by atoms with Crippen molar-refractivity contribution in [1.29, 1.82) is 0 Å². The van der Waals surface area contributed by atoms with E-state index in [1.807, 2.05) is 5.10 Å². The maximum absolute atomic E-state index is 13.0. The molecule has 1 aliphatic carbocycles. The first kappa shape index (κ1) is 26.3. The molecule has 3 aromatic rings. The number of halogens is 1. The lowest BCUT2D eigenvalue weighted by Crippen LogP contribution is -2.36. The molecule has 1 saturated heterocycles. The molecule has 1 unspecified atom stereocenters. The van der Waals surface area contributed by atoms with Crippen LogP contribution in [0.3, 0.4) is 0 Å². The number of tetrazole rings is 1. The largest absolute Gasteiger partial charge is 0.387 e. The lowest BCUT2D eigenvalue weighted by molar-refractivity contribution is -0.0375. The van der Waals surface area contributed by atoms with E-state index in [1.165, 1.54) is 0 Å². The first-order chi connectivity index (χ1) is 17.5. The van der Waals surface area contributed by atoms with Gasteiger partial charge in [0, 0.05) is 12.1 Å². The fourth-order valence-electron chi connectivity index (χ4n) is 4.66. The van der Waals surface area contributed by atoms with Crippen LogP contribution in [0.1, 0.15) is 42.7 Å². The average Bonchev–Trinajstić information content (AvgIpc) is 3.59. The molecule has 1 saturated carbocycles. The van der Waals surface area contributed by atoms with Crippen LogP contribution in [-0.2, 0) is 19.1 Å². The number of aromatic amines is 1. The van der Waals surface area contributed by atoms with Gasteiger partial charge in [-0.15, -0.1) is 10.2 Å². The molecule has 1 aliphatic heterocycles. The third-order valence-corrected chi connectivity index (χ3v) is 10.9. The Labute approximate surface area is 213 Å². The lowest BCUT2D eigenvalue weighted by Gasteiger charge is -2.20. The first-order valence-corrected chi connectivity index (χ1v) is 14.9. The summed E-state index contributed by atoms with van der Waals surface area (Å²) in [4.78, 5) is 21.1. The summed E-state index contributed by atoms with van der Waals surface area (Å²) in [5.74, 6) is -1.76. The highest BCUT2D eigenvalue weighted by atomic mass is 35.5. The van der Waals surface area contributed by atoms with Crippen molar-refractivity contribution < 1.29 is 37.7 Å². The smallest absolute Gasteiger partial charge is 0.351 e. The van der Waals surface area contributed by atoms with Gasteiger partial charge in [0.2, 0.25) is 4.99 Å². The van der Waals surface area contributed by atoms with Gasteiger partial charge in [-0.05, 0) is 23.3 Å². The number of hydrogen-bond donors (Lipinski definition) is 6. The molecule has 2 aliphatic rings. The number of rotatable bonds is 8. The molecule has 202 valence electrons. The Bertz CT molecular complexity index is 1430. The number of sulfone groups is 1. The summed E-state index contributed by atoms with van der Waals surface area (Å²) in [6, 6.07) is 1.82. The molecule has 37 heavy (non-hydrogen) atoms. The number of fused-ring (bicyclic) bond motifs is 1. The van der Waals surface area contributed by atoms with Crippen molar-refractivity contribution in [2.45, 2.75) is 61.3 Å². The van der Waals surface area contributed by atoms with Gasteiger partial charge in [0.05, 0.1) is 11.4 Å². The number of aliphatic hydroxyl groups excluding tert-OH is 2. The Morgan fingerprint density at radius 1 is 1.24 bits per heavy atom. The molecule has 5 rings (SSSR count). The van der Waals surface area contributed by atoms with Crippen molar-refractivity contribution in [2.75, 3.05) is 11.1 Å². The maximum atomic E-state index is 13.0. The van der Waals surface area contributed by atoms with Crippen LogP contribution in [-0.4, -0.2) is 99.1 Å². The molecule has 3 aromatic heterocycles. The Morgan fingerprint density at radius 3 is 2.62 bits per heavy atom. The van der Waals surface area contributed by atoms with Crippen LogP contribution in [0, 0.1) is 0 Å². The van der Waals surface area contributed by atoms with Crippen molar-refractivity contribution in [2.24, 2.45) is 0 Å². The number of aliphatic hydroxyl groups is 2. The monoisotopic (exact) mass is 579 g/mol. The SMILES string of the molecule is O=P(O)(O)C(c1nnn[nH]1)S(=O)(=O)C[C@H]1O[C@@H](n2nnc3c(NC4CCCC4)cc(Cl)nc32)[C@H](O)[C@@H]1O. The fraction of sp³-hybridized carbons (Fsp3) is 0.647. The van der Waals surface area contributed by atoms with Crippen molar-refractivity contribution in [1.82, 2.24) is 40.6 Å². The van der Waals surface area contributed by atoms with E-state index in [0.717, 1.165) is 30.4 Å². The van der Waals surface area contributed by atoms with E-state index in [-0.39, 0.29) is 16.8 Å². The van der Waals surface area contributed by atoms with Crippen molar-refractivity contribution in [3.8, 4) is 0 Å². The highest BCUT2D eigenvalue weighted by Gasteiger charge is 2.51. The summed E-state index contributed by atoms with van der Waals surface area (Å²) in [6.45, 7) is 0. The summed E-state index contributed by atoms with van der Waals surface area (Å²) >= 11 is 6.21. The zero-order valence-corrected chi connectivity index (χ0v) is 21.3. The normalized spacial score (nSPS) is 26.2. The first-order valence-electron chi connectivity index (χ1n) is 11.2. The third-order valence-electron chi connectivity index (χ3n) is 6.33. The second-order valence-electron chi connectivity index (χ2n) is 8.93. The van der Waals surface area contributed by atoms with Gasteiger partial charge < -0.3 is 30.1 Å². The molecule has 6 N–H and O–H groups in total. The molecule has 20 heteroatoms. The van der Waals surface area contributed by atoms with E-state index in [9.17, 15) is 33.0 Å². The van der Waals surface area contributed by atoms with E-state index >= 15 is 0 Å². The zero-order valence-electron chi connectivity index (χ0n) is 18.9. The molecule has 5 atom stereocenters. The standard InChI is InChI=1S/C17H23ClN9O8PS/c18-10-5-8(19-7-3-1-2-4-7)11-15(20-10)27(26-21-11)16-13(29)12(28)9(35-16)6-37(33,34)17(36(30,31)32)14-22-24-25-23-14/h5,7,9,12-13,16-17,28-29H,1-4,6H2,(H,19,20)(H2,30,31,32)(H,22,23,24,25)/t9-,12-,13-,16-,17?/m1/s1. The predicted molar refractivity (Wildman–Crippen MR) is 125 cm³/mol. The molecule has 0 spiro atoms. The van der Waals surface area contributed by atoms with Gasteiger partial charge in [-0.2, -0.15) is 4.68 Å². The summed E-state index contributed by atoms with van der Waals surface area (Å²) in [5, 5.41) is 44.5. The van der Waals surface area contributed by atoms with Crippen LogP contribution >= 0.6 is 19.2 Å². The van der Waals surface area contributed by atoms with Crippen molar-refractivity contribution >= 4 is 45.9 Å². The van der Waals surface area contributed by atoms with Crippen LogP contribution in [0.4, 0.5) is 5.69 Å². The van der Waals surface area contributed by atoms with Gasteiger partial charge in [0.15, 0.2) is 33.1 Å². The minimum atomic E-state index is -5.32. The second kappa shape index (κ2) is 9.77.